The van der Waals surface area contributed by atoms with Crippen LogP contribution >= 0.6 is 0 Å². The number of hydrogen-bond acceptors (Lipinski definition) is 4. The molecule has 22 heavy (non-hydrogen) atoms. The number of amides is 1. The number of aromatic nitrogens is 1. The molecule has 1 aromatic heterocycles. The fourth-order valence-electron chi connectivity index (χ4n) is 2.14. The largest absolute Gasteiger partial charge is 0.449 e. The summed E-state index contributed by atoms with van der Waals surface area (Å²) in [5, 5.41) is 3.18. The minimum absolute atomic E-state index is 0.188. The van der Waals surface area contributed by atoms with Gasteiger partial charge in [0.2, 0.25) is 0 Å². The van der Waals surface area contributed by atoms with Crippen LogP contribution in [0.1, 0.15) is 42.7 Å². The number of rotatable bonds is 4. The average molecular weight is 300 g/mol. The standard InChI is InChI=1S/C17H20N2O3/c1-10(2)15-9-13(12-7-5-6-8-14(12)19-15)17(21)22-11(3)16(20)18-4/h5-11H,1-4H3,(H,18,20). The van der Waals surface area contributed by atoms with E-state index in [1.54, 1.807) is 13.0 Å². The molecule has 2 rings (SSSR count). The van der Waals surface area contributed by atoms with E-state index in [-0.39, 0.29) is 11.8 Å². The lowest BCUT2D eigenvalue weighted by atomic mass is 10.0. The van der Waals surface area contributed by atoms with Gasteiger partial charge in [0.1, 0.15) is 0 Å². The Morgan fingerprint density at radius 2 is 1.86 bits per heavy atom. The Bertz CT molecular complexity index is 710. The van der Waals surface area contributed by atoms with Gasteiger partial charge in [-0.3, -0.25) is 9.78 Å². The molecule has 0 aliphatic carbocycles. The zero-order valence-corrected chi connectivity index (χ0v) is 13.2. The van der Waals surface area contributed by atoms with Crippen molar-refractivity contribution in [3.63, 3.8) is 0 Å². The third-order valence-electron chi connectivity index (χ3n) is 3.45. The van der Waals surface area contributed by atoms with Gasteiger partial charge >= 0.3 is 5.97 Å². The van der Waals surface area contributed by atoms with Crippen molar-refractivity contribution >= 4 is 22.8 Å². The van der Waals surface area contributed by atoms with Crippen LogP contribution in [0.2, 0.25) is 0 Å². The third kappa shape index (κ3) is 3.24. The quantitative estimate of drug-likeness (QED) is 0.881. The second-order valence-corrected chi connectivity index (χ2v) is 5.43. The number of benzene rings is 1. The molecular formula is C17H20N2O3. The molecule has 5 heteroatoms. The van der Waals surface area contributed by atoms with Crippen molar-refractivity contribution in [3.05, 3.63) is 41.6 Å². The molecule has 0 saturated carbocycles. The van der Waals surface area contributed by atoms with Crippen LogP contribution in [-0.4, -0.2) is 30.0 Å². The molecule has 1 aromatic carbocycles. The smallest absolute Gasteiger partial charge is 0.339 e. The first-order valence-electron chi connectivity index (χ1n) is 7.26. The summed E-state index contributed by atoms with van der Waals surface area (Å²) in [5.74, 6) is -0.667. The van der Waals surface area contributed by atoms with E-state index in [1.165, 1.54) is 7.05 Å². The Morgan fingerprint density at radius 1 is 1.18 bits per heavy atom. The molecule has 0 radical (unpaired) electrons. The van der Waals surface area contributed by atoms with Gasteiger partial charge in [-0.05, 0) is 25.0 Å². The fraction of sp³-hybridized carbons (Fsp3) is 0.353. The molecule has 1 unspecified atom stereocenters. The molecule has 5 nitrogen and oxygen atoms in total. The van der Waals surface area contributed by atoms with E-state index in [1.807, 2.05) is 38.1 Å². The highest BCUT2D eigenvalue weighted by Gasteiger charge is 2.20. The van der Waals surface area contributed by atoms with Crippen molar-refractivity contribution < 1.29 is 14.3 Å². The zero-order valence-electron chi connectivity index (χ0n) is 13.2. The lowest BCUT2D eigenvalue weighted by Gasteiger charge is -2.14. The predicted octanol–water partition coefficient (Wildman–Crippen LogP) is 2.65. The van der Waals surface area contributed by atoms with E-state index in [2.05, 4.69) is 10.3 Å². The van der Waals surface area contributed by atoms with Gasteiger partial charge < -0.3 is 10.1 Å². The van der Waals surface area contributed by atoms with Gasteiger partial charge in [-0.1, -0.05) is 32.0 Å². The number of ether oxygens (including phenoxy) is 1. The van der Waals surface area contributed by atoms with E-state index in [4.69, 9.17) is 4.74 Å². The summed E-state index contributed by atoms with van der Waals surface area (Å²) in [6.07, 6.45) is -0.841. The number of fused-ring (bicyclic) bond motifs is 1. The van der Waals surface area contributed by atoms with Crippen LogP contribution < -0.4 is 5.32 Å². The Morgan fingerprint density at radius 3 is 2.50 bits per heavy atom. The summed E-state index contributed by atoms with van der Waals surface area (Å²) in [5.41, 5.74) is 2.00. The average Bonchev–Trinajstić information content (AvgIpc) is 2.52. The van der Waals surface area contributed by atoms with Crippen molar-refractivity contribution in [1.82, 2.24) is 10.3 Å². The topological polar surface area (TPSA) is 68.3 Å². The zero-order chi connectivity index (χ0) is 16.3. The molecule has 116 valence electrons. The van der Waals surface area contributed by atoms with Crippen LogP contribution in [0.4, 0.5) is 0 Å². The molecule has 0 aliphatic rings. The first kappa shape index (κ1) is 15.9. The maximum absolute atomic E-state index is 12.4. The number of carbonyl (C=O) groups is 2. The van der Waals surface area contributed by atoms with Gasteiger partial charge in [0, 0.05) is 18.1 Å². The van der Waals surface area contributed by atoms with Crippen molar-refractivity contribution in [2.24, 2.45) is 0 Å². The molecule has 1 heterocycles. The monoisotopic (exact) mass is 300 g/mol. The predicted molar refractivity (Wildman–Crippen MR) is 84.8 cm³/mol. The highest BCUT2D eigenvalue weighted by Crippen LogP contribution is 2.23. The summed E-state index contributed by atoms with van der Waals surface area (Å²) >= 11 is 0. The first-order valence-corrected chi connectivity index (χ1v) is 7.26. The van der Waals surface area contributed by atoms with E-state index < -0.39 is 12.1 Å². The van der Waals surface area contributed by atoms with Crippen LogP contribution in [0.5, 0.6) is 0 Å². The normalized spacial score (nSPS) is 12.2. The Labute approximate surface area is 129 Å². The molecule has 1 atom stereocenters. The maximum atomic E-state index is 12.4. The molecule has 0 aliphatic heterocycles. The number of carbonyl (C=O) groups excluding carboxylic acids is 2. The number of pyridine rings is 1. The minimum Gasteiger partial charge on any atom is -0.449 e. The fourth-order valence-corrected chi connectivity index (χ4v) is 2.14. The SMILES string of the molecule is CNC(=O)C(C)OC(=O)c1cc(C(C)C)nc2ccccc12. The van der Waals surface area contributed by atoms with Crippen LogP contribution in [0.3, 0.4) is 0 Å². The number of hydrogen-bond donors (Lipinski definition) is 1. The van der Waals surface area contributed by atoms with Gasteiger partial charge in [0.15, 0.2) is 6.10 Å². The van der Waals surface area contributed by atoms with Gasteiger partial charge in [-0.2, -0.15) is 0 Å². The second kappa shape index (κ2) is 6.56. The number of nitrogens with zero attached hydrogens (tertiary/aromatic N) is 1. The van der Waals surface area contributed by atoms with Crippen LogP contribution in [0.25, 0.3) is 10.9 Å². The van der Waals surface area contributed by atoms with E-state index >= 15 is 0 Å². The second-order valence-electron chi connectivity index (χ2n) is 5.43. The molecule has 1 N–H and O–H groups in total. The molecule has 0 saturated heterocycles. The van der Waals surface area contributed by atoms with Crippen molar-refractivity contribution in [2.75, 3.05) is 7.05 Å². The molecule has 2 aromatic rings. The number of nitrogens with one attached hydrogen (secondary N) is 1. The van der Waals surface area contributed by atoms with Gasteiger partial charge in [0.25, 0.3) is 5.91 Å². The highest BCUT2D eigenvalue weighted by atomic mass is 16.5. The Kier molecular flexibility index (Phi) is 4.75. The van der Waals surface area contributed by atoms with Gasteiger partial charge in [-0.25, -0.2) is 4.79 Å². The molecule has 0 bridgehead atoms. The van der Waals surface area contributed by atoms with Crippen molar-refractivity contribution in [1.29, 1.82) is 0 Å². The number of esters is 1. The lowest BCUT2D eigenvalue weighted by molar-refractivity contribution is -0.128. The number of para-hydroxylation sites is 1. The van der Waals surface area contributed by atoms with E-state index in [0.29, 0.717) is 5.56 Å². The minimum atomic E-state index is -0.841. The summed E-state index contributed by atoms with van der Waals surface area (Å²) < 4.78 is 5.25. The first-order chi connectivity index (χ1) is 10.4. The van der Waals surface area contributed by atoms with E-state index in [9.17, 15) is 9.59 Å². The summed E-state index contributed by atoms with van der Waals surface area (Å²) in [6.45, 7) is 5.57. The maximum Gasteiger partial charge on any atom is 0.339 e. The van der Waals surface area contributed by atoms with Crippen LogP contribution in [-0.2, 0) is 9.53 Å². The molecule has 0 fully saturated rings. The Hall–Kier alpha value is -2.43. The van der Waals surface area contributed by atoms with Crippen LogP contribution in [0, 0.1) is 0 Å². The van der Waals surface area contributed by atoms with Gasteiger partial charge in [0.05, 0.1) is 11.1 Å². The molecule has 1 amide bonds. The lowest BCUT2D eigenvalue weighted by Crippen LogP contribution is -2.33. The summed E-state index contributed by atoms with van der Waals surface area (Å²) in [4.78, 5) is 28.5. The number of likely N-dealkylation sites (N-methyl/N-ethyl adjacent to an activating group) is 1. The van der Waals surface area contributed by atoms with E-state index in [0.717, 1.165) is 16.6 Å². The van der Waals surface area contributed by atoms with Crippen molar-refractivity contribution in [3.8, 4) is 0 Å². The molecular weight excluding hydrogens is 280 g/mol. The van der Waals surface area contributed by atoms with Gasteiger partial charge in [-0.15, -0.1) is 0 Å². The Balaban J connectivity index is 2.44. The summed E-state index contributed by atoms with van der Waals surface area (Å²) in [7, 11) is 1.51. The third-order valence-corrected chi connectivity index (χ3v) is 3.45. The molecule has 0 spiro atoms. The van der Waals surface area contributed by atoms with Crippen molar-refractivity contribution in [2.45, 2.75) is 32.8 Å². The summed E-state index contributed by atoms with van der Waals surface area (Å²) in [6, 6.07) is 9.15. The highest BCUT2D eigenvalue weighted by molar-refractivity contribution is 6.04. The van der Waals surface area contributed by atoms with Crippen LogP contribution in [0.15, 0.2) is 30.3 Å².